The number of hydrogen-bond acceptors (Lipinski definition) is 4. The van der Waals surface area contributed by atoms with Crippen molar-refractivity contribution < 1.29 is 4.42 Å². The topological polar surface area (TPSA) is 45.6 Å². The molecule has 4 nitrogen and oxygen atoms in total. The second kappa shape index (κ2) is 5.65. The van der Waals surface area contributed by atoms with Crippen molar-refractivity contribution in [3.8, 4) is 0 Å². The molecule has 2 heterocycles. The third kappa shape index (κ3) is 3.38. The van der Waals surface area contributed by atoms with Gasteiger partial charge >= 0.3 is 0 Å². The monoisotopic (exact) mass is 265 g/mol. The number of furan rings is 1. The van der Waals surface area contributed by atoms with Crippen LogP contribution in [-0.2, 0) is 0 Å². The van der Waals surface area contributed by atoms with E-state index in [0.717, 1.165) is 37.7 Å². The first-order chi connectivity index (χ1) is 8.91. The molecule has 0 saturated carbocycles. The van der Waals surface area contributed by atoms with Crippen molar-refractivity contribution in [2.75, 3.05) is 32.7 Å². The molecule has 0 aliphatic carbocycles. The van der Waals surface area contributed by atoms with Crippen LogP contribution in [0.2, 0.25) is 0 Å². The molecule has 1 aliphatic rings. The van der Waals surface area contributed by atoms with Gasteiger partial charge in [-0.1, -0.05) is 0 Å². The average molecular weight is 265 g/mol. The summed E-state index contributed by atoms with van der Waals surface area (Å²) >= 11 is 0. The molecule has 0 bridgehead atoms. The van der Waals surface area contributed by atoms with Gasteiger partial charge in [0.1, 0.15) is 11.5 Å². The maximum Gasteiger partial charge on any atom is 0.122 e. The minimum Gasteiger partial charge on any atom is -0.465 e. The van der Waals surface area contributed by atoms with Crippen molar-refractivity contribution in [1.29, 1.82) is 0 Å². The molecule has 0 radical (unpaired) electrons. The summed E-state index contributed by atoms with van der Waals surface area (Å²) < 4.78 is 5.75. The van der Waals surface area contributed by atoms with Crippen LogP contribution in [0.1, 0.15) is 38.3 Å². The number of nitrogens with two attached hydrogens (primary N) is 1. The van der Waals surface area contributed by atoms with Crippen molar-refractivity contribution >= 4 is 0 Å². The Morgan fingerprint density at radius 3 is 2.26 bits per heavy atom. The summed E-state index contributed by atoms with van der Waals surface area (Å²) in [7, 11) is 0. The van der Waals surface area contributed by atoms with E-state index in [1.807, 2.05) is 13.0 Å². The van der Waals surface area contributed by atoms with Crippen molar-refractivity contribution in [2.24, 2.45) is 5.73 Å². The summed E-state index contributed by atoms with van der Waals surface area (Å²) in [5, 5.41) is 0. The number of hydrogen-bond donors (Lipinski definition) is 1. The van der Waals surface area contributed by atoms with E-state index in [1.54, 1.807) is 0 Å². The van der Waals surface area contributed by atoms with Gasteiger partial charge in [0.15, 0.2) is 0 Å². The predicted octanol–water partition coefficient (Wildman–Crippen LogP) is 2.00. The van der Waals surface area contributed by atoms with Crippen LogP contribution >= 0.6 is 0 Å². The lowest BCUT2D eigenvalue weighted by Crippen LogP contribution is -2.54. The molecule has 2 N–H and O–H groups in total. The van der Waals surface area contributed by atoms with Gasteiger partial charge in [0.25, 0.3) is 0 Å². The summed E-state index contributed by atoms with van der Waals surface area (Å²) in [6.45, 7) is 13.7. The molecule has 108 valence electrons. The molecule has 1 fully saturated rings. The highest BCUT2D eigenvalue weighted by Gasteiger charge is 2.30. The fourth-order valence-corrected chi connectivity index (χ4v) is 2.78. The third-order valence-electron chi connectivity index (χ3n) is 4.02. The first-order valence-corrected chi connectivity index (χ1v) is 7.17. The van der Waals surface area contributed by atoms with Gasteiger partial charge in [-0.15, -0.1) is 0 Å². The number of nitrogens with zero attached hydrogens (tertiary/aromatic N) is 2. The fraction of sp³-hybridized carbons (Fsp3) is 0.733. The summed E-state index contributed by atoms with van der Waals surface area (Å²) in [5.74, 6) is 1.96. The van der Waals surface area contributed by atoms with E-state index >= 15 is 0 Å². The van der Waals surface area contributed by atoms with Gasteiger partial charge in [0.05, 0.1) is 6.04 Å². The van der Waals surface area contributed by atoms with Gasteiger partial charge in [0.2, 0.25) is 0 Å². The molecule has 1 saturated heterocycles. The van der Waals surface area contributed by atoms with Crippen LogP contribution in [0.5, 0.6) is 0 Å². The van der Waals surface area contributed by atoms with E-state index in [-0.39, 0.29) is 11.6 Å². The fourth-order valence-electron chi connectivity index (χ4n) is 2.78. The predicted molar refractivity (Wildman–Crippen MR) is 78.1 cm³/mol. The Labute approximate surface area is 116 Å². The Balaban J connectivity index is 1.99. The van der Waals surface area contributed by atoms with Crippen LogP contribution in [-0.4, -0.2) is 48.1 Å². The summed E-state index contributed by atoms with van der Waals surface area (Å²) in [5.41, 5.74) is 6.21. The van der Waals surface area contributed by atoms with Crippen molar-refractivity contribution in [2.45, 2.75) is 39.3 Å². The lowest BCUT2D eigenvalue weighted by Gasteiger charge is -2.44. The van der Waals surface area contributed by atoms with Crippen LogP contribution in [0.25, 0.3) is 0 Å². The van der Waals surface area contributed by atoms with Crippen LogP contribution in [0.3, 0.4) is 0 Å². The highest BCUT2D eigenvalue weighted by Crippen LogP contribution is 2.25. The SMILES string of the molecule is Cc1ccc(C(CN)N2CCN(C(C)(C)C)CC2)o1. The molecule has 1 aliphatic heterocycles. The highest BCUT2D eigenvalue weighted by atomic mass is 16.3. The van der Waals surface area contributed by atoms with E-state index in [1.165, 1.54) is 0 Å². The van der Waals surface area contributed by atoms with Gasteiger partial charge in [-0.2, -0.15) is 0 Å². The lowest BCUT2D eigenvalue weighted by molar-refractivity contribution is 0.0386. The van der Waals surface area contributed by atoms with E-state index in [2.05, 4.69) is 36.6 Å². The first kappa shape index (κ1) is 14.6. The van der Waals surface area contributed by atoms with Gasteiger partial charge in [-0.05, 0) is 39.8 Å². The molecule has 1 aromatic heterocycles. The van der Waals surface area contributed by atoms with Gasteiger partial charge in [-0.25, -0.2) is 0 Å². The summed E-state index contributed by atoms with van der Waals surface area (Å²) in [6.07, 6.45) is 0. The maximum absolute atomic E-state index is 5.95. The normalized spacial score (nSPS) is 20.7. The standard InChI is InChI=1S/C15H27N3O/c1-12-5-6-14(19-12)13(11-16)17-7-9-18(10-8-17)15(2,3)4/h5-6,13H,7-11,16H2,1-4H3. The van der Waals surface area contributed by atoms with Crippen LogP contribution in [0.15, 0.2) is 16.5 Å². The van der Waals surface area contributed by atoms with Gasteiger partial charge in [0, 0.05) is 38.3 Å². The summed E-state index contributed by atoms with van der Waals surface area (Å²) in [4.78, 5) is 4.98. The molecular formula is C15H27N3O. The molecule has 4 heteroatoms. The summed E-state index contributed by atoms with van der Waals surface area (Å²) in [6, 6.07) is 4.29. The second-order valence-corrected chi connectivity index (χ2v) is 6.39. The van der Waals surface area contributed by atoms with Crippen LogP contribution < -0.4 is 5.73 Å². The van der Waals surface area contributed by atoms with Crippen molar-refractivity contribution in [1.82, 2.24) is 9.80 Å². The number of rotatable bonds is 3. The Morgan fingerprint density at radius 2 is 1.84 bits per heavy atom. The van der Waals surface area contributed by atoms with E-state index in [9.17, 15) is 0 Å². The van der Waals surface area contributed by atoms with Gasteiger partial charge in [-0.3, -0.25) is 9.80 Å². The zero-order chi connectivity index (χ0) is 14.0. The lowest BCUT2D eigenvalue weighted by atomic mass is 10.0. The van der Waals surface area contributed by atoms with E-state index < -0.39 is 0 Å². The second-order valence-electron chi connectivity index (χ2n) is 6.39. The molecule has 1 atom stereocenters. The quantitative estimate of drug-likeness (QED) is 0.908. The number of piperazine rings is 1. The first-order valence-electron chi connectivity index (χ1n) is 7.17. The average Bonchev–Trinajstić information content (AvgIpc) is 2.76. The highest BCUT2D eigenvalue weighted by molar-refractivity contribution is 5.10. The smallest absolute Gasteiger partial charge is 0.122 e. The van der Waals surface area contributed by atoms with Gasteiger partial charge < -0.3 is 10.2 Å². The molecule has 0 spiro atoms. The molecule has 19 heavy (non-hydrogen) atoms. The Morgan fingerprint density at radius 1 is 1.21 bits per heavy atom. The maximum atomic E-state index is 5.95. The molecule has 1 unspecified atom stereocenters. The molecule has 0 aromatic carbocycles. The molecular weight excluding hydrogens is 238 g/mol. The van der Waals surface area contributed by atoms with Crippen LogP contribution in [0.4, 0.5) is 0 Å². The molecule has 2 rings (SSSR count). The third-order valence-corrected chi connectivity index (χ3v) is 4.02. The van der Waals surface area contributed by atoms with Crippen LogP contribution in [0, 0.1) is 6.92 Å². The molecule has 0 amide bonds. The Hall–Kier alpha value is -0.840. The van der Waals surface area contributed by atoms with E-state index in [4.69, 9.17) is 10.2 Å². The minimum atomic E-state index is 0.218. The molecule has 1 aromatic rings. The van der Waals surface area contributed by atoms with Crippen molar-refractivity contribution in [3.05, 3.63) is 23.7 Å². The Bertz CT molecular complexity index is 400. The zero-order valence-electron chi connectivity index (χ0n) is 12.6. The van der Waals surface area contributed by atoms with Crippen molar-refractivity contribution in [3.63, 3.8) is 0 Å². The largest absolute Gasteiger partial charge is 0.465 e. The Kier molecular flexibility index (Phi) is 4.33. The van der Waals surface area contributed by atoms with E-state index in [0.29, 0.717) is 6.54 Å². The zero-order valence-corrected chi connectivity index (χ0v) is 12.6. The number of aryl methyl sites for hydroxylation is 1. The minimum absolute atomic E-state index is 0.218.